The molecular formula is C17H20BrNO4. The Bertz CT molecular complexity index is 694. The maximum atomic E-state index is 12.8. The van der Waals surface area contributed by atoms with Crippen LogP contribution in [0.15, 0.2) is 27.5 Å². The monoisotopic (exact) mass is 381 g/mol. The summed E-state index contributed by atoms with van der Waals surface area (Å²) >= 11 is 3.42. The summed E-state index contributed by atoms with van der Waals surface area (Å²) in [6.45, 7) is 3.69. The molecule has 1 N–H and O–H groups in total. The van der Waals surface area contributed by atoms with E-state index in [0.717, 1.165) is 15.7 Å². The van der Waals surface area contributed by atoms with Crippen LogP contribution in [0, 0.1) is 12.8 Å². The van der Waals surface area contributed by atoms with Crippen LogP contribution in [0.4, 0.5) is 0 Å². The molecule has 124 valence electrons. The maximum absolute atomic E-state index is 12.8. The number of hydrogen-bond acceptors (Lipinski definition) is 5. The van der Waals surface area contributed by atoms with Gasteiger partial charge in [0.25, 0.3) is 0 Å². The highest BCUT2D eigenvalue weighted by atomic mass is 79.9. The molecule has 6 heteroatoms. The van der Waals surface area contributed by atoms with Crippen molar-refractivity contribution in [1.82, 2.24) is 0 Å². The van der Waals surface area contributed by atoms with E-state index < -0.39 is 0 Å². The molecule has 23 heavy (non-hydrogen) atoms. The van der Waals surface area contributed by atoms with E-state index in [0.29, 0.717) is 29.7 Å². The lowest BCUT2D eigenvalue weighted by Gasteiger charge is -2.14. The Balaban J connectivity index is 2.40. The molecule has 0 saturated carbocycles. The molecule has 0 radical (unpaired) electrons. The summed E-state index contributed by atoms with van der Waals surface area (Å²) in [5.74, 6) is 0.261. The number of nitrogens with zero attached hydrogens (tertiary/aromatic N) is 1. The van der Waals surface area contributed by atoms with E-state index in [4.69, 9.17) is 9.57 Å². The van der Waals surface area contributed by atoms with Crippen LogP contribution in [0.2, 0.25) is 0 Å². The topological polar surface area (TPSA) is 68.1 Å². The Kier molecular flexibility index (Phi) is 5.46. The fourth-order valence-corrected chi connectivity index (χ4v) is 3.50. The highest BCUT2D eigenvalue weighted by Crippen LogP contribution is 2.41. The van der Waals surface area contributed by atoms with Gasteiger partial charge in [0.05, 0.1) is 18.4 Å². The van der Waals surface area contributed by atoms with Gasteiger partial charge in [0.15, 0.2) is 5.78 Å². The largest absolute Gasteiger partial charge is 0.512 e. The quantitative estimate of drug-likeness (QED) is 0.617. The summed E-state index contributed by atoms with van der Waals surface area (Å²) in [5, 5.41) is 14.2. The van der Waals surface area contributed by atoms with Crippen molar-refractivity contribution in [3.05, 3.63) is 33.5 Å². The van der Waals surface area contributed by atoms with Crippen molar-refractivity contribution in [2.24, 2.45) is 11.1 Å². The number of benzene rings is 1. The van der Waals surface area contributed by atoms with E-state index in [9.17, 15) is 9.90 Å². The molecule has 0 fully saturated rings. The molecule has 0 bridgehead atoms. The van der Waals surface area contributed by atoms with Gasteiger partial charge in [0.2, 0.25) is 0 Å². The number of hydrogen-bond donors (Lipinski definition) is 1. The number of ether oxygens (including phenoxy) is 1. The Morgan fingerprint density at radius 2 is 2.13 bits per heavy atom. The number of Topliss-reactive ketones (excluding diaryl/α,β-unsaturated/α-hetero) is 1. The normalized spacial score (nSPS) is 18.6. The van der Waals surface area contributed by atoms with Gasteiger partial charge in [-0.25, -0.2) is 0 Å². The van der Waals surface area contributed by atoms with E-state index >= 15 is 0 Å². The van der Waals surface area contributed by atoms with Gasteiger partial charge in [-0.3, -0.25) is 4.79 Å². The highest BCUT2D eigenvalue weighted by Gasteiger charge is 2.36. The standard InChI is InChI=1S/C17H20BrNO4/c1-9-5-12(18)8-14(22-3)15(9)16-13(20)7-11(17(16)21)6-10(2)19-23-4/h5,8,11,20H,6-7H2,1-4H3/b19-10+. The fraction of sp³-hybridized carbons (Fsp3) is 0.412. The summed E-state index contributed by atoms with van der Waals surface area (Å²) in [7, 11) is 3.02. The van der Waals surface area contributed by atoms with Crippen LogP contribution in [-0.2, 0) is 9.63 Å². The number of methoxy groups -OCH3 is 1. The Labute approximate surface area is 144 Å². The van der Waals surface area contributed by atoms with Crippen molar-refractivity contribution in [2.75, 3.05) is 14.2 Å². The van der Waals surface area contributed by atoms with Crippen LogP contribution in [0.1, 0.15) is 30.9 Å². The first-order valence-electron chi connectivity index (χ1n) is 7.26. The minimum Gasteiger partial charge on any atom is -0.512 e. The Morgan fingerprint density at radius 1 is 1.43 bits per heavy atom. The molecule has 0 amide bonds. The van der Waals surface area contributed by atoms with Gasteiger partial charge in [0, 0.05) is 22.4 Å². The molecule has 5 nitrogen and oxygen atoms in total. The summed E-state index contributed by atoms with van der Waals surface area (Å²) in [4.78, 5) is 17.5. The van der Waals surface area contributed by atoms with Crippen LogP contribution >= 0.6 is 15.9 Å². The zero-order chi connectivity index (χ0) is 17.1. The van der Waals surface area contributed by atoms with E-state index in [-0.39, 0.29) is 17.5 Å². The molecule has 1 aromatic rings. The Morgan fingerprint density at radius 3 is 2.74 bits per heavy atom. The summed E-state index contributed by atoms with van der Waals surface area (Å²) < 4.78 is 6.26. The maximum Gasteiger partial charge on any atom is 0.170 e. The lowest BCUT2D eigenvalue weighted by molar-refractivity contribution is -0.116. The lowest BCUT2D eigenvalue weighted by atomic mass is 9.92. The molecule has 1 aliphatic carbocycles. The van der Waals surface area contributed by atoms with Gasteiger partial charge in [0.1, 0.15) is 18.6 Å². The average Bonchev–Trinajstić information content (AvgIpc) is 2.73. The van der Waals surface area contributed by atoms with Crippen molar-refractivity contribution in [3.8, 4) is 5.75 Å². The van der Waals surface area contributed by atoms with Gasteiger partial charge in [-0.1, -0.05) is 21.1 Å². The van der Waals surface area contributed by atoms with Crippen molar-refractivity contribution >= 4 is 33.0 Å². The lowest BCUT2D eigenvalue weighted by Crippen LogP contribution is -2.14. The average molecular weight is 382 g/mol. The number of allylic oxidation sites excluding steroid dienone is 2. The minimum absolute atomic E-state index is 0.0862. The summed E-state index contributed by atoms with van der Waals surface area (Å²) in [6.07, 6.45) is 0.765. The molecule has 2 rings (SSSR count). The SMILES string of the molecule is CO/N=C(\C)CC1CC(O)=C(c2c(C)cc(Br)cc2OC)C1=O. The van der Waals surface area contributed by atoms with Crippen LogP contribution in [0.3, 0.4) is 0 Å². The molecule has 1 aromatic carbocycles. The van der Waals surface area contributed by atoms with Gasteiger partial charge in [-0.05, 0) is 38.0 Å². The number of aryl methyl sites for hydroxylation is 1. The third kappa shape index (κ3) is 3.58. The Hall–Kier alpha value is -1.82. The van der Waals surface area contributed by atoms with Crippen molar-refractivity contribution in [2.45, 2.75) is 26.7 Å². The van der Waals surface area contributed by atoms with Crippen LogP contribution in [0.25, 0.3) is 5.57 Å². The summed E-state index contributed by atoms with van der Waals surface area (Å²) in [6, 6.07) is 3.69. The second-order valence-corrected chi connectivity index (χ2v) is 6.52. The number of oxime groups is 1. The van der Waals surface area contributed by atoms with Gasteiger partial charge in [-0.2, -0.15) is 0 Å². The zero-order valence-corrected chi connectivity index (χ0v) is 15.2. The van der Waals surface area contributed by atoms with E-state index in [2.05, 4.69) is 21.1 Å². The zero-order valence-electron chi connectivity index (χ0n) is 13.6. The smallest absolute Gasteiger partial charge is 0.170 e. The number of aliphatic hydroxyl groups excluding tert-OH is 1. The van der Waals surface area contributed by atoms with Gasteiger partial charge >= 0.3 is 0 Å². The van der Waals surface area contributed by atoms with Gasteiger partial charge < -0.3 is 14.7 Å². The third-order valence-corrected chi connectivity index (χ3v) is 4.33. The molecule has 0 spiro atoms. The molecule has 0 saturated heterocycles. The summed E-state index contributed by atoms with van der Waals surface area (Å²) in [5.41, 5.74) is 2.59. The van der Waals surface area contributed by atoms with Crippen LogP contribution in [-0.4, -0.2) is 30.8 Å². The third-order valence-electron chi connectivity index (χ3n) is 3.87. The number of halogens is 1. The number of carbonyl (C=O) groups excluding carboxylic acids is 1. The first kappa shape index (κ1) is 17.5. The van der Waals surface area contributed by atoms with Crippen molar-refractivity contribution in [1.29, 1.82) is 0 Å². The molecule has 0 aromatic heterocycles. The molecule has 1 unspecified atom stereocenters. The molecule has 0 heterocycles. The fourth-order valence-electron chi connectivity index (χ4n) is 2.95. The predicted molar refractivity (Wildman–Crippen MR) is 92.8 cm³/mol. The second-order valence-electron chi connectivity index (χ2n) is 5.60. The van der Waals surface area contributed by atoms with E-state index in [1.165, 1.54) is 7.11 Å². The molecule has 1 atom stereocenters. The first-order valence-corrected chi connectivity index (χ1v) is 8.05. The molecule has 0 aliphatic heterocycles. The van der Waals surface area contributed by atoms with Crippen LogP contribution < -0.4 is 4.74 Å². The molecular weight excluding hydrogens is 362 g/mol. The van der Waals surface area contributed by atoms with Crippen LogP contribution in [0.5, 0.6) is 5.75 Å². The molecule has 1 aliphatic rings. The van der Waals surface area contributed by atoms with Crippen molar-refractivity contribution in [3.63, 3.8) is 0 Å². The number of aliphatic hydroxyl groups is 1. The van der Waals surface area contributed by atoms with Gasteiger partial charge in [-0.15, -0.1) is 0 Å². The van der Waals surface area contributed by atoms with Crippen molar-refractivity contribution < 1.29 is 19.5 Å². The number of rotatable bonds is 5. The predicted octanol–water partition coefficient (Wildman–Crippen LogP) is 4.04. The number of carbonyl (C=O) groups is 1. The van der Waals surface area contributed by atoms with E-state index in [1.807, 2.05) is 13.0 Å². The first-order chi connectivity index (χ1) is 10.9. The van der Waals surface area contributed by atoms with E-state index in [1.54, 1.807) is 20.1 Å². The number of ketones is 1. The highest BCUT2D eigenvalue weighted by molar-refractivity contribution is 9.10. The minimum atomic E-state index is -0.323. The second kappa shape index (κ2) is 7.17.